The third-order valence-electron chi connectivity index (χ3n) is 4.20. The number of nitrogens with zero attached hydrogens (tertiary/aromatic N) is 5. The Morgan fingerprint density at radius 3 is 2.36 bits per heavy atom. The van der Waals surface area contributed by atoms with Crippen LogP contribution in [0.4, 0.5) is 0 Å². The highest BCUT2D eigenvalue weighted by Gasteiger charge is 2.14. The van der Waals surface area contributed by atoms with E-state index in [-0.39, 0.29) is 0 Å². The predicted octanol–water partition coefficient (Wildman–Crippen LogP) is 2.81. The lowest BCUT2D eigenvalue weighted by Crippen LogP contribution is -2.46. The summed E-state index contributed by atoms with van der Waals surface area (Å²) in [5.41, 5.74) is 0.859. The highest BCUT2D eigenvalue weighted by molar-refractivity contribution is 5.61. The van der Waals surface area contributed by atoms with Crippen molar-refractivity contribution in [3.8, 4) is 0 Å². The molecule has 0 aliphatic carbocycles. The second-order valence-electron chi connectivity index (χ2n) is 6.07. The minimum atomic E-state index is 0.859. The van der Waals surface area contributed by atoms with Gasteiger partial charge in [-0.05, 0) is 38.3 Å². The third-order valence-corrected chi connectivity index (χ3v) is 4.20. The molecule has 1 heterocycles. The maximum Gasteiger partial charge on any atom is 0.128 e. The standard InChI is InChI=1S/C20H33N5/c1-6-8-12-24-14-16-25(17-15-24)13-11-22-20(23(5)7-2)18-19(3)9-10-21-4/h6,8-11,18H,3-4,7,12-17H2,1-2,5H3/b8-6?,10-9-,20-18+,22-11-. The van der Waals surface area contributed by atoms with Gasteiger partial charge in [0.05, 0.1) is 0 Å². The minimum Gasteiger partial charge on any atom is -0.360 e. The molecule has 0 radical (unpaired) electrons. The normalized spacial score (nSPS) is 17.8. The molecule has 0 unspecified atom stereocenters. The molecule has 0 N–H and O–H groups in total. The summed E-state index contributed by atoms with van der Waals surface area (Å²) in [7, 11) is 2.03. The molecular weight excluding hydrogens is 310 g/mol. The summed E-state index contributed by atoms with van der Waals surface area (Å²) < 4.78 is 0. The number of piperazine rings is 1. The first-order chi connectivity index (χ1) is 12.1. The first-order valence-corrected chi connectivity index (χ1v) is 8.93. The summed E-state index contributed by atoms with van der Waals surface area (Å²) >= 11 is 0. The number of hydrogen-bond donors (Lipinski definition) is 0. The number of aliphatic imine (C=N–C) groups is 2. The van der Waals surface area contributed by atoms with E-state index in [2.05, 4.69) is 64.0 Å². The summed E-state index contributed by atoms with van der Waals surface area (Å²) in [6.45, 7) is 18.9. The van der Waals surface area contributed by atoms with Gasteiger partial charge in [0.1, 0.15) is 5.82 Å². The lowest BCUT2D eigenvalue weighted by atomic mass is 10.2. The van der Waals surface area contributed by atoms with Gasteiger partial charge in [-0.3, -0.25) is 14.8 Å². The van der Waals surface area contributed by atoms with Crippen molar-refractivity contribution < 1.29 is 0 Å². The molecule has 1 rings (SSSR count). The quantitative estimate of drug-likeness (QED) is 0.347. The predicted molar refractivity (Wildman–Crippen MR) is 110 cm³/mol. The van der Waals surface area contributed by atoms with Crippen LogP contribution in [0.5, 0.6) is 0 Å². The summed E-state index contributed by atoms with van der Waals surface area (Å²) in [5, 5.41) is 0. The zero-order valence-corrected chi connectivity index (χ0v) is 16.1. The molecule has 0 amide bonds. The minimum absolute atomic E-state index is 0.859. The van der Waals surface area contributed by atoms with Crippen LogP contribution in [-0.2, 0) is 0 Å². The summed E-state index contributed by atoms with van der Waals surface area (Å²) in [6.07, 6.45) is 11.8. The van der Waals surface area contributed by atoms with Crippen molar-refractivity contribution in [1.82, 2.24) is 14.7 Å². The molecule has 1 saturated heterocycles. The van der Waals surface area contributed by atoms with Gasteiger partial charge in [0, 0.05) is 65.3 Å². The Bertz CT molecular complexity index is 522. The summed E-state index contributed by atoms with van der Waals surface area (Å²) in [4.78, 5) is 15.4. The van der Waals surface area contributed by atoms with Gasteiger partial charge in [0.25, 0.3) is 0 Å². The van der Waals surface area contributed by atoms with Gasteiger partial charge in [-0.2, -0.15) is 0 Å². The second-order valence-corrected chi connectivity index (χ2v) is 6.07. The van der Waals surface area contributed by atoms with Crippen LogP contribution >= 0.6 is 0 Å². The first kappa shape index (κ1) is 21.1. The van der Waals surface area contributed by atoms with Crippen LogP contribution in [0, 0.1) is 0 Å². The van der Waals surface area contributed by atoms with Gasteiger partial charge >= 0.3 is 0 Å². The van der Waals surface area contributed by atoms with Crippen LogP contribution in [0.15, 0.2) is 58.5 Å². The maximum absolute atomic E-state index is 4.66. The lowest BCUT2D eigenvalue weighted by Gasteiger charge is -2.33. The highest BCUT2D eigenvalue weighted by atomic mass is 15.3. The third kappa shape index (κ3) is 8.61. The van der Waals surface area contributed by atoms with Gasteiger partial charge in [0.2, 0.25) is 0 Å². The molecule has 0 aromatic carbocycles. The monoisotopic (exact) mass is 343 g/mol. The fourth-order valence-corrected chi connectivity index (χ4v) is 2.43. The van der Waals surface area contributed by atoms with Crippen LogP contribution in [0.3, 0.4) is 0 Å². The largest absolute Gasteiger partial charge is 0.360 e. The van der Waals surface area contributed by atoms with E-state index in [0.717, 1.165) is 57.2 Å². The molecule has 25 heavy (non-hydrogen) atoms. The second kappa shape index (κ2) is 12.4. The molecule has 1 fully saturated rings. The van der Waals surface area contributed by atoms with E-state index in [4.69, 9.17) is 0 Å². The van der Waals surface area contributed by atoms with Crippen molar-refractivity contribution in [1.29, 1.82) is 0 Å². The average molecular weight is 344 g/mol. The summed E-state index contributed by atoms with van der Waals surface area (Å²) in [6, 6.07) is 0. The highest BCUT2D eigenvalue weighted by Crippen LogP contribution is 2.08. The van der Waals surface area contributed by atoms with Gasteiger partial charge in [0.15, 0.2) is 0 Å². The molecule has 1 aliphatic rings. The topological polar surface area (TPSA) is 34.4 Å². The van der Waals surface area contributed by atoms with Crippen molar-refractivity contribution in [3.63, 3.8) is 0 Å². The molecule has 0 aromatic rings. The van der Waals surface area contributed by atoms with E-state index in [1.54, 1.807) is 6.20 Å². The molecule has 5 heteroatoms. The molecule has 138 valence electrons. The SMILES string of the molecule is C=N/C=C\C(=C)/C=C(\N=C/CN1CCN(CC=CC)CC1)N(C)CC. The Labute approximate surface area is 153 Å². The summed E-state index contributed by atoms with van der Waals surface area (Å²) in [5.74, 6) is 0.910. The number of allylic oxidation sites excluding steroid dienone is 4. The Hall–Kier alpha value is -1.98. The molecule has 1 aliphatic heterocycles. The van der Waals surface area contributed by atoms with Crippen LogP contribution < -0.4 is 0 Å². The molecule has 0 aromatic heterocycles. The molecule has 0 saturated carbocycles. The van der Waals surface area contributed by atoms with Crippen LogP contribution in [0.25, 0.3) is 0 Å². The van der Waals surface area contributed by atoms with E-state index in [9.17, 15) is 0 Å². The van der Waals surface area contributed by atoms with Crippen LogP contribution in [0.1, 0.15) is 13.8 Å². The molecule has 0 atom stereocenters. The zero-order chi connectivity index (χ0) is 18.5. The van der Waals surface area contributed by atoms with E-state index in [1.807, 2.05) is 25.4 Å². The van der Waals surface area contributed by atoms with Crippen molar-refractivity contribution in [2.45, 2.75) is 13.8 Å². The Morgan fingerprint density at radius 2 is 1.80 bits per heavy atom. The van der Waals surface area contributed by atoms with Gasteiger partial charge < -0.3 is 4.90 Å². The molecule has 0 spiro atoms. The number of hydrogen-bond acceptors (Lipinski definition) is 5. The van der Waals surface area contributed by atoms with Gasteiger partial charge in [-0.15, -0.1) is 0 Å². The Kier molecular flexibility index (Phi) is 10.4. The van der Waals surface area contributed by atoms with E-state index in [0.29, 0.717) is 0 Å². The maximum atomic E-state index is 4.66. The van der Waals surface area contributed by atoms with E-state index < -0.39 is 0 Å². The average Bonchev–Trinajstić information content (AvgIpc) is 2.64. The molecule has 5 nitrogen and oxygen atoms in total. The fraction of sp³-hybridized carbons (Fsp3) is 0.500. The molecular formula is C20H33N5. The van der Waals surface area contributed by atoms with E-state index >= 15 is 0 Å². The van der Waals surface area contributed by atoms with Crippen molar-refractivity contribution in [2.24, 2.45) is 9.98 Å². The lowest BCUT2D eigenvalue weighted by molar-refractivity contribution is 0.158. The van der Waals surface area contributed by atoms with Gasteiger partial charge in [-0.1, -0.05) is 18.7 Å². The van der Waals surface area contributed by atoms with Crippen LogP contribution in [0.2, 0.25) is 0 Å². The first-order valence-electron chi connectivity index (χ1n) is 8.93. The molecule has 0 bridgehead atoms. The van der Waals surface area contributed by atoms with Crippen molar-refractivity contribution in [2.75, 3.05) is 52.9 Å². The van der Waals surface area contributed by atoms with Crippen molar-refractivity contribution >= 4 is 12.9 Å². The Balaban J connectivity index is 2.55. The zero-order valence-electron chi connectivity index (χ0n) is 16.1. The number of rotatable bonds is 10. The van der Waals surface area contributed by atoms with Crippen LogP contribution in [-0.4, -0.2) is 80.5 Å². The van der Waals surface area contributed by atoms with E-state index in [1.165, 1.54) is 0 Å². The smallest absolute Gasteiger partial charge is 0.128 e. The Morgan fingerprint density at radius 1 is 1.16 bits per heavy atom. The van der Waals surface area contributed by atoms with Crippen molar-refractivity contribution in [3.05, 3.63) is 48.5 Å². The van der Waals surface area contributed by atoms with Gasteiger partial charge in [-0.25, -0.2) is 4.99 Å². The fourth-order valence-electron chi connectivity index (χ4n) is 2.43.